The summed E-state index contributed by atoms with van der Waals surface area (Å²) in [6.07, 6.45) is 0. The third-order valence-corrected chi connectivity index (χ3v) is 3.13. The fourth-order valence-corrected chi connectivity index (χ4v) is 2.09. The van der Waals surface area contributed by atoms with Crippen molar-refractivity contribution in [2.75, 3.05) is 14.2 Å². The molecule has 0 saturated heterocycles. The van der Waals surface area contributed by atoms with Crippen molar-refractivity contribution in [2.45, 2.75) is 20.4 Å². The van der Waals surface area contributed by atoms with Crippen molar-refractivity contribution in [1.29, 1.82) is 0 Å². The van der Waals surface area contributed by atoms with Crippen LogP contribution in [0.3, 0.4) is 0 Å². The van der Waals surface area contributed by atoms with Gasteiger partial charge in [0.1, 0.15) is 5.75 Å². The van der Waals surface area contributed by atoms with Gasteiger partial charge in [0.15, 0.2) is 0 Å². The quantitative estimate of drug-likeness (QED) is 0.869. The highest BCUT2D eigenvalue weighted by atomic mass is 16.5. The number of nitrogens with one attached hydrogen (secondary N) is 2. The van der Waals surface area contributed by atoms with Crippen molar-refractivity contribution in [2.24, 2.45) is 0 Å². The van der Waals surface area contributed by atoms with Crippen molar-refractivity contribution in [3.63, 3.8) is 0 Å². The van der Waals surface area contributed by atoms with Gasteiger partial charge in [0.25, 0.3) is 0 Å². The Kier molecular flexibility index (Phi) is 3.67. The summed E-state index contributed by atoms with van der Waals surface area (Å²) in [5.74, 6) is 0.905. The number of aryl methyl sites for hydroxylation is 1. The van der Waals surface area contributed by atoms with Gasteiger partial charge in [-0.25, -0.2) is 0 Å². The van der Waals surface area contributed by atoms with Gasteiger partial charge in [-0.1, -0.05) is 0 Å². The molecule has 0 radical (unpaired) electrons. The molecule has 96 valence electrons. The zero-order chi connectivity index (χ0) is 13.1. The van der Waals surface area contributed by atoms with Gasteiger partial charge in [0, 0.05) is 12.1 Å². The standard InChI is InChI=1S/C14H19N3O/c1-9-7-11(5-6-13(9)18-4)14-10(2)12(8-15-3)16-17-14/h5-7,15H,8H2,1-4H3,(H,16,17). The second kappa shape index (κ2) is 5.23. The van der Waals surface area contributed by atoms with Crippen LogP contribution < -0.4 is 10.1 Å². The third kappa shape index (κ3) is 2.24. The molecule has 0 aliphatic heterocycles. The van der Waals surface area contributed by atoms with E-state index < -0.39 is 0 Å². The molecule has 0 bridgehead atoms. The predicted molar refractivity (Wildman–Crippen MR) is 72.8 cm³/mol. The van der Waals surface area contributed by atoms with E-state index in [0.29, 0.717) is 0 Å². The molecule has 0 aliphatic carbocycles. The van der Waals surface area contributed by atoms with Crippen molar-refractivity contribution < 1.29 is 4.74 Å². The molecule has 0 aliphatic rings. The van der Waals surface area contributed by atoms with E-state index >= 15 is 0 Å². The Morgan fingerprint density at radius 3 is 2.72 bits per heavy atom. The molecule has 1 aromatic carbocycles. The largest absolute Gasteiger partial charge is 0.496 e. The summed E-state index contributed by atoms with van der Waals surface area (Å²) in [5.41, 5.74) is 5.55. The van der Waals surface area contributed by atoms with E-state index in [4.69, 9.17) is 4.74 Å². The summed E-state index contributed by atoms with van der Waals surface area (Å²) in [5, 5.41) is 10.6. The zero-order valence-corrected chi connectivity index (χ0v) is 11.3. The molecule has 2 aromatic rings. The molecule has 0 atom stereocenters. The van der Waals surface area contributed by atoms with Crippen LogP contribution >= 0.6 is 0 Å². The van der Waals surface area contributed by atoms with E-state index in [2.05, 4.69) is 28.5 Å². The van der Waals surface area contributed by atoms with Gasteiger partial charge in [-0.2, -0.15) is 5.10 Å². The van der Waals surface area contributed by atoms with Gasteiger partial charge in [-0.3, -0.25) is 5.10 Å². The van der Waals surface area contributed by atoms with Crippen LogP contribution in [0.5, 0.6) is 5.75 Å². The molecular formula is C14H19N3O. The molecule has 0 amide bonds. The highest BCUT2D eigenvalue weighted by Gasteiger charge is 2.11. The number of rotatable bonds is 4. The molecule has 0 fully saturated rings. The molecule has 1 aromatic heterocycles. The maximum atomic E-state index is 5.27. The van der Waals surface area contributed by atoms with Crippen LogP contribution in [0, 0.1) is 13.8 Å². The second-order valence-electron chi connectivity index (χ2n) is 4.39. The second-order valence-corrected chi connectivity index (χ2v) is 4.39. The Labute approximate surface area is 107 Å². The maximum absolute atomic E-state index is 5.27. The molecule has 4 nitrogen and oxygen atoms in total. The van der Waals surface area contributed by atoms with Crippen LogP contribution in [0.25, 0.3) is 11.3 Å². The van der Waals surface area contributed by atoms with Crippen molar-refractivity contribution in [3.05, 3.63) is 35.0 Å². The van der Waals surface area contributed by atoms with Crippen molar-refractivity contribution in [3.8, 4) is 17.0 Å². The molecule has 1 heterocycles. The van der Waals surface area contributed by atoms with E-state index in [9.17, 15) is 0 Å². The molecule has 0 unspecified atom stereocenters. The Morgan fingerprint density at radius 2 is 2.11 bits per heavy atom. The highest BCUT2D eigenvalue weighted by molar-refractivity contribution is 5.65. The zero-order valence-electron chi connectivity index (χ0n) is 11.3. The summed E-state index contributed by atoms with van der Waals surface area (Å²) >= 11 is 0. The number of H-pyrrole nitrogens is 1. The first-order chi connectivity index (χ1) is 8.67. The van der Waals surface area contributed by atoms with E-state index in [1.165, 1.54) is 5.56 Å². The van der Waals surface area contributed by atoms with Gasteiger partial charge in [-0.15, -0.1) is 0 Å². The van der Waals surface area contributed by atoms with Gasteiger partial charge in [0.2, 0.25) is 0 Å². The Hall–Kier alpha value is -1.81. The number of aromatic amines is 1. The maximum Gasteiger partial charge on any atom is 0.121 e. The normalized spacial score (nSPS) is 10.7. The fourth-order valence-electron chi connectivity index (χ4n) is 2.09. The summed E-state index contributed by atoms with van der Waals surface area (Å²) in [7, 11) is 3.62. The molecule has 2 N–H and O–H groups in total. The summed E-state index contributed by atoms with van der Waals surface area (Å²) in [6, 6.07) is 6.12. The average Bonchev–Trinajstić information content (AvgIpc) is 2.72. The van der Waals surface area contributed by atoms with E-state index in [0.717, 1.165) is 34.8 Å². The molecule has 4 heteroatoms. The molecule has 0 spiro atoms. The highest BCUT2D eigenvalue weighted by Crippen LogP contribution is 2.27. The van der Waals surface area contributed by atoms with Crippen LogP contribution in [0.1, 0.15) is 16.8 Å². The van der Waals surface area contributed by atoms with E-state index in [1.54, 1.807) is 7.11 Å². The van der Waals surface area contributed by atoms with Gasteiger partial charge >= 0.3 is 0 Å². The number of hydrogen-bond acceptors (Lipinski definition) is 3. The lowest BCUT2D eigenvalue weighted by atomic mass is 10.0. The number of benzene rings is 1. The first kappa shape index (κ1) is 12.6. The van der Waals surface area contributed by atoms with Gasteiger partial charge < -0.3 is 10.1 Å². The molecular weight excluding hydrogens is 226 g/mol. The van der Waals surface area contributed by atoms with Gasteiger partial charge in [0.05, 0.1) is 18.5 Å². The minimum atomic E-state index is 0.800. The predicted octanol–water partition coefficient (Wildman–Crippen LogP) is 2.42. The number of ether oxygens (including phenoxy) is 1. The van der Waals surface area contributed by atoms with Crippen LogP contribution in [-0.2, 0) is 6.54 Å². The number of methoxy groups -OCH3 is 1. The Bertz CT molecular complexity index is 546. The van der Waals surface area contributed by atoms with Crippen LogP contribution in [-0.4, -0.2) is 24.4 Å². The minimum absolute atomic E-state index is 0.800. The number of nitrogens with zero attached hydrogens (tertiary/aromatic N) is 1. The van der Waals surface area contributed by atoms with Crippen LogP contribution in [0.4, 0.5) is 0 Å². The van der Waals surface area contributed by atoms with Crippen molar-refractivity contribution >= 4 is 0 Å². The lowest BCUT2D eigenvalue weighted by Gasteiger charge is -2.06. The number of hydrogen-bond donors (Lipinski definition) is 2. The van der Waals surface area contributed by atoms with Crippen LogP contribution in [0.2, 0.25) is 0 Å². The fraction of sp³-hybridized carbons (Fsp3) is 0.357. The third-order valence-electron chi connectivity index (χ3n) is 3.13. The molecule has 2 rings (SSSR count). The summed E-state index contributed by atoms with van der Waals surface area (Å²) < 4.78 is 5.27. The smallest absolute Gasteiger partial charge is 0.121 e. The summed E-state index contributed by atoms with van der Waals surface area (Å²) in [4.78, 5) is 0. The monoisotopic (exact) mass is 245 g/mol. The SMILES string of the molecule is CNCc1[nH]nc(-c2ccc(OC)c(C)c2)c1C. The molecule has 0 saturated carbocycles. The summed E-state index contributed by atoms with van der Waals surface area (Å²) in [6.45, 7) is 4.93. The number of aromatic nitrogens is 2. The van der Waals surface area contributed by atoms with Crippen molar-refractivity contribution in [1.82, 2.24) is 15.5 Å². The average molecular weight is 245 g/mol. The first-order valence-electron chi connectivity index (χ1n) is 6.00. The first-order valence-corrected chi connectivity index (χ1v) is 6.00. The Balaban J connectivity index is 2.39. The topological polar surface area (TPSA) is 49.9 Å². The Morgan fingerprint density at radius 1 is 1.33 bits per heavy atom. The van der Waals surface area contributed by atoms with Gasteiger partial charge in [-0.05, 0) is 50.2 Å². The van der Waals surface area contributed by atoms with E-state index in [1.807, 2.05) is 26.1 Å². The lowest BCUT2D eigenvalue weighted by Crippen LogP contribution is -2.06. The molecule has 18 heavy (non-hydrogen) atoms. The van der Waals surface area contributed by atoms with E-state index in [-0.39, 0.29) is 0 Å². The minimum Gasteiger partial charge on any atom is -0.496 e. The lowest BCUT2D eigenvalue weighted by molar-refractivity contribution is 0.412. The van der Waals surface area contributed by atoms with Crippen LogP contribution in [0.15, 0.2) is 18.2 Å².